The van der Waals surface area contributed by atoms with Gasteiger partial charge in [-0.05, 0) is 18.9 Å². The lowest BCUT2D eigenvalue weighted by Gasteiger charge is -2.40. The predicted octanol–water partition coefficient (Wildman–Crippen LogP) is 1.62. The Kier molecular flexibility index (Phi) is 6.67. The highest BCUT2D eigenvalue weighted by Gasteiger charge is 2.37. The number of carbonyl (C=O) groups excluding carboxylic acids is 1. The molecule has 29 heavy (non-hydrogen) atoms. The summed E-state index contributed by atoms with van der Waals surface area (Å²) in [5.74, 6) is 1.82. The molecule has 2 aromatic rings. The molecule has 4 heterocycles. The first-order valence-electron chi connectivity index (χ1n) is 10.4. The molecule has 7 nitrogen and oxygen atoms in total. The number of thioether (sulfide) groups is 1. The van der Waals surface area contributed by atoms with Crippen molar-refractivity contribution in [2.45, 2.75) is 50.2 Å². The average Bonchev–Trinajstić information content (AvgIpc) is 3.13. The van der Waals surface area contributed by atoms with Crippen LogP contribution < -0.4 is 15.8 Å². The predicted molar refractivity (Wildman–Crippen MR) is 116 cm³/mol. The maximum absolute atomic E-state index is 12.6. The smallest absolute Gasteiger partial charge is 0.281 e. The van der Waals surface area contributed by atoms with E-state index >= 15 is 0 Å². The fourth-order valence-electron chi connectivity index (χ4n) is 4.49. The van der Waals surface area contributed by atoms with E-state index in [1.165, 1.54) is 29.3 Å². The third kappa shape index (κ3) is 5.07. The molecule has 3 unspecified atom stereocenters. The summed E-state index contributed by atoms with van der Waals surface area (Å²) in [6.45, 7) is 5.21. The molecule has 3 atom stereocenters. The van der Waals surface area contributed by atoms with Crippen LogP contribution in [0, 0.1) is 5.92 Å². The van der Waals surface area contributed by atoms with Crippen LogP contribution in [0.15, 0.2) is 28.2 Å². The first-order valence-corrected chi connectivity index (χ1v) is 12.2. The summed E-state index contributed by atoms with van der Waals surface area (Å²) < 4.78 is 6.26. The van der Waals surface area contributed by atoms with E-state index in [2.05, 4.69) is 27.7 Å². The molecule has 2 aliphatic rings. The molecule has 4 rings (SSSR count). The van der Waals surface area contributed by atoms with Crippen LogP contribution >= 0.6 is 23.3 Å². The summed E-state index contributed by atoms with van der Waals surface area (Å²) in [6, 6.07) is 5.55. The lowest BCUT2D eigenvalue weighted by Crippen LogP contribution is -3.15. The van der Waals surface area contributed by atoms with Crippen molar-refractivity contribution < 1.29 is 9.69 Å². The number of piperidine rings is 1. The minimum Gasteiger partial charge on any atom is -0.326 e. The normalized spacial score (nSPS) is 22.9. The Labute approximate surface area is 179 Å². The number of amides is 1. The Balaban J connectivity index is 1.30. The number of hydrogen-bond donors (Lipinski definition) is 2. The minimum atomic E-state index is -0.0101. The van der Waals surface area contributed by atoms with E-state index in [1.54, 1.807) is 17.8 Å². The van der Waals surface area contributed by atoms with Gasteiger partial charge < -0.3 is 9.47 Å². The van der Waals surface area contributed by atoms with Crippen LogP contribution in [0.3, 0.4) is 0 Å². The van der Waals surface area contributed by atoms with Crippen LogP contribution in [-0.4, -0.2) is 45.2 Å². The largest absolute Gasteiger partial charge is 0.326 e. The van der Waals surface area contributed by atoms with Crippen molar-refractivity contribution in [2.24, 2.45) is 5.92 Å². The average molecular weight is 435 g/mol. The second-order valence-corrected chi connectivity index (χ2v) is 9.83. The van der Waals surface area contributed by atoms with Gasteiger partial charge in [-0.25, -0.2) is 0 Å². The quantitative estimate of drug-likeness (QED) is 0.488. The van der Waals surface area contributed by atoms with Crippen molar-refractivity contribution in [3.05, 3.63) is 34.2 Å². The molecule has 0 saturated carbocycles. The summed E-state index contributed by atoms with van der Waals surface area (Å²) in [4.78, 5) is 30.4. The Hall–Kier alpha value is -1.71. The number of rotatable bonds is 8. The molecule has 2 N–H and O–H groups in total. The highest BCUT2D eigenvalue weighted by Crippen LogP contribution is 2.30. The number of anilines is 1. The van der Waals surface area contributed by atoms with Crippen molar-refractivity contribution in [2.75, 3.05) is 30.7 Å². The van der Waals surface area contributed by atoms with Gasteiger partial charge in [0.05, 0.1) is 13.1 Å². The summed E-state index contributed by atoms with van der Waals surface area (Å²) >= 11 is 2.91. The summed E-state index contributed by atoms with van der Waals surface area (Å²) in [6.07, 6.45) is 4.71. The van der Waals surface area contributed by atoms with Gasteiger partial charge in [-0.15, -0.1) is 0 Å². The van der Waals surface area contributed by atoms with Crippen molar-refractivity contribution >= 4 is 34.3 Å². The number of likely N-dealkylation sites (tertiary alicyclic amines) is 1. The maximum Gasteiger partial charge on any atom is 0.281 e. The molecule has 1 saturated heterocycles. The summed E-state index contributed by atoms with van der Waals surface area (Å²) in [5, 5.41) is 4.26. The third-order valence-corrected chi connectivity index (χ3v) is 7.40. The fourth-order valence-corrected chi connectivity index (χ4v) is 6.05. The standard InChI is InChI=1S/C20H27N5O2S2/c1-2-3-4-8-28-20-22-19(29-23-20)21-17(26)13-24-10-14-9-15(12-24)16-6-5-7-18(27)25(16)11-14/h5-7,14-15H,2-4,8-13H2,1H3,(H,21,22,23,26)/p+1. The van der Waals surface area contributed by atoms with E-state index in [0.717, 1.165) is 49.1 Å². The molecule has 0 spiro atoms. The van der Waals surface area contributed by atoms with Crippen molar-refractivity contribution in [1.82, 2.24) is 13.9 Å². The van der Waals surface area contributed by atoms with Gasteiger partial charge in [-0.3, -0.25) is 14.9 Å². The zero-order valence-corrected chi connectivity index (χ0v) is 18.4. The van der Waals surface area contributed by atoms with E-state index in [0.29, 0.717) is 23.5 Å². The van der Waals surface area contributed by atoms with Crippen molar-refractivity contribution in [3.8, 4) is 0 Å². The van der Waals surface area contributed by atoms with Gasteiger partial charge in [0.25, 0.3) is 11.5 Å². The van der Waals surface area contributed by atoms with Crippen LogP contribution in [0.25, 0.3) is 0 Å². The first-order chi connectivity index (χ1) is 14.1. The zero-order valence-electron chi connectivity index (χ0n) is 16.7. The molecule has 2 bridgehead atoms. The molecule has 2 aromatic heterocycles. The number of pyridine rings is 1. The van der Waals surface area contributed by atoms with E-state index in [1.807, 2.05) is 10.6 Å². The Bertz CT molecular complexity index is 912. The molecule has 0 aliphatic carbocycles. The second-order valence-electron chi connectivity index (χ2n) is 8.02. The number of quaternary nitrogens is 1. The monoisotopic (exact) mass is 434 g/mol. The van der Waals surface area contributed by atoms with E-state index in [4.69, 9.17) is 0 Å². The number of carbonyl (C=O) groups is 1. The van der Waals surface area contributed by atoms with Gasteiger partial charge in [-0.1, -0.05) is 37.6 Å². The van der Waals surface area contributed by atoms with Crippen molar-refractivity contribution in [3.63, 3.8) is 0 Å². The highest BCUT2D eigenvalue weighted by atomic mass is 32.2. The SMILES string of the molecule is CCCCCSc1nsc(NC(=O)C[NH+]2CC3CC(C2)c2cccc(=O)n2C3)n1. The molecule has 2 aliphatic heterocycles. The molecular formula is C20H28N5O2S2+. The van der Waals surface area contributed by atoms with E-state index < -0.39 is 0 Å². The summed E-state index contributed by atoms with van der Waals surface area (Å²) in [5.41, 5.74) is 1.22. The Morgan fingerprint density at radius 2 is 2.28 bits per heavy atom. The lowest BCUT2D eigenvalue weighted by molar-refractivity contribution is -0.903. The van der Waals surface area contributed by atoms with Gasteiger partial charge in [0.2, 0.25) is 10.3 Å². The molecule has 1 fully saturated rings. The van der Waals surface area contributed by atoms with Gasteiger partial charge in [0.1, 0.15) is 0 Å². The van der Waals surface area contributed by atoms with E-state index in [-0.39, 0.29) is 11.5 Å². The van der Waals surface area contributed by atoms with Crippen LogP contribution in [0.4, 0.5) is 5.13 Å². The third-order valence-electron chi connectivity index (χ3n) is 5.72. The van der Waals surface area contributed by atoms with Crippen LogP contribution in [-0.2, 0) is 11.3 Å². The number of nitrogens with one attached hydrogen (secondary N) is 2. The fraction of sp³-hybridized carbons (Fsp3) is 0.600. The van der Waals surface area contributed by atoms with Gasteiger partial charge in [0, 0.05) is 47.4 Å². The molecule has 0 aromatic carbocycles. The molecule has 156 valence electrons. The molecular weight excluding hydrogens is 406 g/mol. The number of unbranched alkanes of at least 4 members (excludes halogenated alkanes) is 2. The maximum atomic E-state index is 12.6. The molecule has 9 heteroatoms. The van der Waals surface area contributed by atoms with E-state index in [9.17, 15) is 9.59 Å². The minimum absolute atomic E-state index is 0.0101. The Morgan fingerprint density at radius 1 is 1.38 bits per heavy atom. The van der Waals surface area contributed by atoms with Gasteiger partial charge in [-0.2, -0.15) is 9.36 Å². The molecule has 0 radical (unpaired) electrons. The van der Waals surface area contributed by atoms with Crippen LogP contribution in [0.2, 0.25) is 0 Å². The highest BCUT2D eigenvalue weighted by molar-refractivity contribution is 7.99. The number of fused-ring (bicyclic) bond motifs is 4. The topological polar surface area (TPSA) is 81.3 Å². The first kappa shape index (κ1) is 20.6. The number of hydrogen-bond acceptors (Lipinski definition) is 6. The second kappa shape index (κ2) is 9.40. The van der Waals surface area contributed by atoms with Crippen LogP contribution in [0.5, 0.6) is 0 Å². The number of aromatic nitrogens is 3. The van der Waals surface area contributed by atoms with Crippen molar-refractivity contribution in [1.29, 1.82) is 0 Å². The molecule has 1 amide bonds. The van der Waals surface area contributed by atoms with Crippen LogP contribution in [0.1, 0.15) is 44.2 Å². The Morgan fingerprint density at radius 3 is 3.14 bits per heavy atom. The van der Waals surface area contributed by atoms with Gasteiger partial charge in [0.15, 0.2) is 6.54 Å². The summed E-state index contributed by atoms with van der Waals surface area (Å²) in [7, 11) is 0. The van der Waals surface area contributed by atoms with Gasteiger partial charge >= 0.3 is 0 Å². The lowest BCUT2D eigenvalue weighted by atomic mass is 9.83. The zero-order chi connectivity index (χ0) is 20.2. The number of nitrogens with zero attached hydrogens (tertiary/aromatic N) is 3.